The molecular weight excluding hydrogens is 198 g/mol. The molecule has 0 spiro atoms. The molecule has 0 radical (unpaired) electrons. The van der Waals surface area contributed by atoms with Gasteiger partial charge >= 0.3 is 0 Å². The number of carbonyl (C=O) groups excluding carboxylic acids is 2. The van der Waals surface area contributed by atoms with Crippen LogP contribution < -0.4 is 11.1 Å². The molecule has 0 aliphatic carbocycles. The van der Waals surface area contributed by atoms with Crippen molar-refractivity contribution in [1.29, 1.82) is 0 Å². The highest BCUT2D eigenvalue weighted by molar-refractivity contribution is 5.85. The van der Waals surface area contributed by atoms with Gasteiger partial charge in [0.1, 0.15) is 0 Å². The lowest BCUT2D eigenvalue weighted by Gasteiger charge is -2.20. The van der Waals surface area contributed by atoms with Gasteiger partial charge in [-0.3, -0.25) is 9.59 Å². The number of rotatable bonds is 7. The predicted octanol–water partition coefficient (Wildman–Crippen LogP) is -1.44. The first kappa shape index (κ1) is 13.9. The van der Waals surface area contributed by atoms with E-state index in [0.717, 1.165) is 0 Å². The summed E-state index contributed by atoms with van der Waals surface area (Å²) >= 11 is 0. The molecule has 0 aromatic rings. The summed E-state index contributed by atoms with van der Waals surface area (Å²) in [5.41, 5.74) is 5.09. The van der Waals surface area contributed by atoms with Crippen LogP contribution in [0, 0.1) is 0 Å². The fourth-order valence-corrected chi connectivity index (χ4v) is 1.02. The molecular formula is C9H19N3O3. The van der Waals surface area contributed by atoms with Gasteiger partial charge in [0.25, 0.3) is 0 Å². The van der Waals surface area contributed by atoms with Crippen molar-refractivity contribution in [3.8, 4) is 0 Å². The van der Waals surface area contributed by atoms with Gasteiger partial charge in [0.05, 0.1) is 19.7 Å². The third-order valence-electron chi connectivity index (χ3n) is 1.92. The SMILES string of the molecule is CCN(CCOC)C(=O)CNC(=O)CN. The molecule has 6 nitrogen and oxygen atoms in total. The van der Waals surface area contributed by atoms with Crippen LogP contribution in [0.25, 0.3) is 0 Å². The van der Waals surface area contributed by atoms with Gasteiger partial charge in [-0.05, 0) is 6.92 Å². The van der Waals surface area contributed by atoms with E-state index in [9.17, 15) is 9.59 Å². The molecule has 88 valence electrons. The summed E-state index contributed by atoms with van der Waals surface area (Å²) in [6, 6.07) is 0. The molecule has 0 aromatic carbocycles. The lowest BCUT2D eigenvalue weighted by Crippen LogP contribution is -2.42. The highest BCUT2D eigenvalue weighted by Crippen LogP contribution is 1.88. The van der Waals surface area contributed by atoms with Gasteiger partial charge in [0.2, 0.25) is 11.8 Å². The van der Waals surface area contributed by atoms with Gasteiger partial charge in [-0.1, -0.05) is 0 Å². The second kappa shape index (κ2) is 8.19. The van der Waals surface area contributed by atoms with E-state index in [2.05, 4.69) is 5.32 Å². The Bertz CT molecular complexity index is 209. The van der Waals surface area contributed by atoms with E-state index in [0.29, 0.717) is 19.7 Å². The van der Waals surface area contributed by atoms with Gasteiger partial charge in [0, 0.05) is 20.2 Å². The van der Waals surface area contributed by atoms with Crippen LogP contribution in [0.4, 0.5) is 0 Å². The smallest absolute Gasteiger partial charge is 0.242 e. The van der Waals surface area contributed by atoms with Crippen LogP contribution >= 0.6 is 0 Å². The van der Waals surface area contributed by atoms with E-state index in [-0.39, 0.29) is 24.9 Å². The monoisotopic (exact) mass is 217 g/mol. The Kier molecular flexibility index (Phi) is 7.57. The third-order valence-corrected chi connectivity index (χ3v) is 1.92. The highest BCUT2D eigenvalue weighted by Gasteiger charge is 2.11. The van der Waals surface area contributed by atoms with E-state index in [1.165, 1.54) is 0 Å². The Labute approximate surface area is 89.7 Å². The van der Waals surface area contributed by atoms with Crippen molar-refractivity contribution < 1.29 is 14.3 Å². The number of likely N-dealkylation sites (N-methyl/N-ethyl adjacent to an activating group) is 1. The lowest BCUT2D eigenvalue weighted by molar-refractivity contribution is -0.132. The molecule has 0 saturated carbocycles. The number of nitrogens with one attached hydrogen (secondary N) is 1. The number of amides is 2. The molecule has 0 heterocycles. The highest BCUT2D eigenvalue weighted by atomic mass is 16.5. The fourth-order valence-electron chi connectivity index (χ4n) is 1.02. The molecule has 0 atom stereocenters. The molecule has 0 rings (SSSR count). The summed E-state index contributed by atoms with van der Waals surface area (Å²) in [6.45, 7) is 3.39. The second-order valence-electron chi connectivity index (χ2n) is 2.95. The van der Waals surface area contributed by atoms with Crippen molar-refractivity contribution in [2.75, 3.05) is 39.9 Å². The van der Waals surface area contributed by atoms with Crippen molar-refractivity contribution in [2.24, 2.45) is 5.73 Å². The number of methoxy groups -OCH3 is 1. The normalized spacial score (nSPS) is 9.80. The van der Waals surface area contributed by atoms with Crippen molar-refractivity contribution in [3.05, 3.63) is 0 Å². The fraction of sp³-hybridized carbons (Fsp3) is 0.778. The van der Waals surface area contributed by atoms with Crippen LogP contribution in [0.5, 0.6) is 0 Å². The maximum Gasteiger partial charge on any atom is 0.242 e. The zero-order valence-electron chi connectivity index (χ0n) is 9.28. The largest absolute Gasteiger partial charge is 0.383 e. The van der Waals surface area contributed by atoms with Gasteiger partial charge < -0.3 is 20.7 Å². The van der Waals surface area contributed by atoms with Crippen LogP contribution in [-0.2, 0) is 14.3 Å². The van der Waals surface area contributed by atoms with E-state index < -0.39 is 0 Å². The third kappa shape index (κ3) is 6.03. The maximum absolute atomic E-state index is 11.5. The topological polar surface area (TPSA) is 84.7 Å². The molecule has 0 aromatic heterocycles. The van der Waals surface area contributed by atoms with Crippen molar-refractivity contribution in [1.82, 2.24) is 10.2 Å². The van der Waals surface area contributed by atoms with E-state index in [1.54, 1.807) is 12.0 Å². The van der Waals surface area contributed by atoms with Gasteiger partial charge in [0.15, 0.2) is 0 Å². The van der Waals surface area contributed by atoms with Crippen LogP contribution in [0.1, 0.15) is 6.92 Å². The molecule has 3 N–H and O–H groups in total. The molecule has 2 amide bonds. The lowest BCUT2D eigenvalue weighted by atomic mass is 10.4. The Morgan fingerprint density at radius 2 is 2.13 bits per heavy atom. The Balaban J connectivity index is 3.87. The van der Waals surface area contributed by atoms with Crippen LogP contribution in [0.15, 0.2) is 0 Å². The zero-order valence-corrected chi connectivity index (χ0v) is 9.28. The standard InChI is InChI=1S/C9H19N3O3/c1-3-12(4-5-15-2)9(14)7-11-8(13)6-10/h3-7,10H2,1-2H3,(H,11,13). The van der Waals surface area contributed by atoms with Gasteiger partial charge in [-0.2, -0.15) is 0 Å². The minimum Gasteiger partial charge on any atom is -0.383 e. The molecule has 0 aliphatic heterocycles. The van der Waals surface area contributed by atoms with E-state index in [1.807, 2.05) is 6.92 Å². The number of ether oxygens (including phenoxy) is 1. The first-order valence-corrected chi connectivity index (χ1v) is 4.89. The summed E-state index contributed by atoms with van der Waals surface area (Å²) in [5.74, 6) is -0.456. The van der Waals surface area contributed by atoms with Crippen LogP contribution in [0.3, 0.4) is 0 Å². The molecule has 0 bridgehead atoms. The van der Waals surface area contributed by atoms with Gasteiger partial charge in [-0.15, -0.1) is 0 Å². The number of nitrogens with two attached hydrogens (primary N) is 1. The first-order chi connectivity index (χ1) is 7.15. The average Bonchev–Trinajstić information content (AvgIpc) is 2.26. The summed E-state index contributed by atoms with van der Waals surface area (Å²) in [6.07, 6.45) is 0. The Morgan fingerprint density at radius 1 is 1.47 bits per heavy atom. The van der Waals surface area contributed by atoms with E-state index in [4.69, 9.17) is 10.5 Å². The average molecular weight is 217 g/mol. The minimum atomic E-state index is -0.328. The Morgan fingerprint density at radius 3 is 2.60 bits per heavy atom. The molecule has 15 heavy (non-hydrogen) atoms. The molecule has 0 fully saturated rings. The molecule has 0 saturated heterocycles. The summed E-state index contributed by atoms with van der Waals surface area (Å²) in [7, 11) is 1.58. The van der Waals surface area contributed by atoms with Crippen molar-refractivity contribution >= 4 is 11.8 Å². The maximum atomic E-state index is 11.5. The van der Waals surface area contributed by atoms with Crippen molar-refractivity contribution in [2.45, 2.75) is 6.92 Å². The quantitative estimate of drug-likeness (QED) is 0.547. The Hall–Kier alpha value is -1.14. The number of hydrogen-bond acceptors (Lipinski definition) is 4. The van der Waals surface area contributed by atoms with Gasteiger partial charge in [-0.25, -0.2) is 0 Å². The molecule has 0 aliphatic rings. The number of hydrogen-bond donors (Lipinski definition) is 2. The second-order valence-corrected chi connectivity index (χ2v) is 2.95. The number of carbonyl (C=O) groups is 2. The molecule has 6 heteroatoms. The summed E-state index contributed by atoms with van der Waals surface area (Å²) in [5, 5.41) is 2.43. The van der Waals surface area contributed by atoms with Crippen LogP contribution in [-0.4, -0.2) is 56.6 Å². The predicted molar refractivity (Wildman–Crippen MR) is 56.2 cm³/mol. The first-order valence-electron chi connectivity index (χ1n) is 4.89. The summed E-state index contributed by atoms with van der Waals surface area (Å²) in [4.78, 5) is 23.9. The molecule has 0 unspecified atom stereocenters. The number of nitrogens with zero attached hydrogens (tertiary/aromatic N) is 1. The van der Waals surface area contributed by atoms with E-state index >= 15 is 0 Å². The van der Waals surface area contributed by atoms with Crippen LogP contribution in [0.2, 0.25) is 0 Å². The zero-order chi connectivity index (χ0) is 11.7. The minimum absolute atomic E-state index is 0.00636. The summed E-state index contributed by atoms with van der Waals surface area (Å²) < 4.78 is 4.87. The van der Waals surface area contributed by atoms with Crippen molar-refractivity contribution in [3.63, 3.8) is 0 Å².